The molecule has 1 fully saturated rings. The zero-order valence-electron chi connectivity index (χ0n) is 14.9. The van der Waals surface area contributed by atoms with Gasteiger partial charge in [-0.05, 0) is 36.8 Å². The van der Waals surface area contributed by atoms with E-state index in [0.29, 0.717) is 30.0 Å². The molecule has 0 saturated carbocycles. The van der Waals surface area contributed by atoms with Crippen LogP contribution in [0.4, 0.5) is 14.6 Å². The first-order chi connectivity index (χ1) is 13.0. The summed E-state index contributed by atoms with van der Waals surface area (Å²) >= 11 is 0. The quantitative estimate of drug-likeness (QED) is 0.768. The third-order valence-electron chi connectivity index (χ3n) is 4.69. The standard InChI is InChI=1S/C20H19F2N3O2/c1-2-27-19(26)20(22)7-9-25(10-8-20)18-6-5-16(13-24-18)14-3-4-15(12-23)17(21)11-14/h3-6,11,13H,2,7-10H2,1H3. The van der Waals surface area contributed by atoms with E-state index in [1.54, 1.807) is 37.4 Å². The number of carbonyl (C=O) groups excluding carboxylic acids is 1. The molecule has 1 aromatic heterocycles. The van der Waals surface area contributed by atoms with E-state index >= 15 is 0 Å². The number of benzene rings is 1. The van der Waals surface area contributed by atoms with Crippen LogP contribution in [0.2, 0.25) is 0 Å². The number of hydrogen-bond acceptors (Lipinski definition) is 5. The third-order valence-corrected chi connectivity index (χ3v) is 4.69. The van der Waals surface area contributed by atoms with Crippen LogP contribution in [-0.4, -0.2) is 36.3 Å². The fourth-order valence-corrected chi connectivity index (χ4v) is 3.08. The molecule has 1 aliphatic heterocycles. The van der Waals surface area contributed by atoms with Crippen LogP contribution in [-0.2, 0) is 9.53 Å². The first kappa shape index (κ1) is 18.8. The van der Waals surface area contributed by atoms with Crippen molar-refractivity contribution in [1.82, 2.24) is 4.98 Å². The second-order valence-corrected chi connectivity index (χ2v) is 6.38. The Morgan fingerprint density at radius 3 is 2.56 bits per heavy atom. The number of pyridine rings is 1. The Kier molecular flexibility index (Phi) is 5.36. The lowest BCUT2D eigenvalue weighted by molar-refractivity contribution is -0.158. The average molecular weight is 371 g/mol. The summed E-state index contributed by atoms with van der Waals surface area (Å²) in [5, 5.41) is 8.80. The summed E-state index contributed by atoms with van der Waals surface area (Å²) in [6.45, 7) is 2.52. The van der Waals surface area contributed by atoms with Crippen LogP contribution in [0, 0.1) is 17.1 Å². The first-order valence-electron chi connectivity index (χ1n) is 8.74. The largest absolute Gasteiger partial charge is 0.464 e. The Balaban J connectivity index is 1.69. The van der Waals surface area contributed by atoms with Crippen LogP contribution in [0.3, 0.4) is 0 Å². The molecule has 7 heteroatoms. The van der Waals surface area contributed by atoms with Crippen molar-refractivity contribution in [1.29, 1.82) is 5.26 Å². The molecule has 0 aliphatic carbocycles. The van der Waals surface area contributed by atoms with E-state index in [1.807, 2.05) is 4.90 Å². The minimum atomic E-state index is -1.94. The van der Waals surface area contributed by atoms with Crippen molar-refractivity contribution < 1.29 is 18.3 Å². The molecule has 0 radical (unpaired) electrons. The summed E-state index contributed by atoms with van der Waals surface area (Å²) in [6, 6.07) is 9.76. The molecule has 0 unspecified atom stereocenters. The third kappa shape index (κ3) is 3.90. The van der Waals surface area contributed by atoms with E-state index in [9.17, 15) is 13.6 Å². The number of esters is 1. The minimum absolute atomic E-state index is 0.00653. The zero-order valence-corrected chi connectivity index (χ0v) is 14.9. The number of anilines is 1. The first-order valence-corrected chi connectivity index (χ1v) is 8.74. The fourth-order valence-electron chi connectivity index (χ4n) is 3.08. The van der Waals surface area contributed by atoms with Gasteiger partial charge in [-0.2, -0.15) is 5.26 Å². The smallest absolute Gasteiger partial charge is 0.344 e. The molecule has 140 valence electrons. The Morgan fingerprint density at radius 2 is 2.00 bits per heavy atom. The Bertz CT molecular complexity index is 870. The van der Waals surface area contributed by atoms with Crippen LogP contribution in [0.1, 0.15) is 25.3 Å². The monoisotopic (exact) mass is 371 g/mol. The van der Waals surface area contributed by atoms with Crippen molar-refractivity contribution >= 4 is 11.8 Å². The van der Waals surface area contributed by atoms with Crippen LogP contribution >= 0.6 is 0 Å². The summed E-state index contributed by atoms with van der Waals surface area (Å²) in [5.74, 6) is -0.706. The SMILES string of the molecule is CCOC(=O)C1(F)CCN(c2ccc(-c3ccc(C#N)c(F)c3)cn2)CC1. The highest BCUT2D eigenvalue weighted by Gasteiger charge is 2.43. The lowest BCUT2D eigenvalue weighted by Gasteiger charge is -2.35. The van der Waals surface area contributed by atoms with Gasteiger partial charge in [0, 0.05) is 37.7 Å². The molecule has 2 heterocycles. The highest BCUT2D eigenvalue weighted by Crippen LogP contribution is 2.31. The number of halogens is 2. The number of nitriles is 1. The van der Waals surface area contributed by atoms with Crippen LogP contribution in [0.15, 0.2) is 36.5 Å². The molecule has 5 nitrogen and oxygen atoms in total. The second-order valence-electron chi connectivity index (χ2n) is 6.38. The molecule has 1 saturated heterocycles. The van der Waals surface area contributed by atoms with Crippen LogP contribution < -0.4 is 4.90 Å². The lowest BCUT2D eigenvalue weighted by atomic mass is 9.93. The zero-order chi connectivity index (χ0) is 19.4. The van der Waals surface area contributed by atoms with E-state index in [0.717, 1.165) is 0 Å². The van der Waals surface area contributed by atoms with E-state index in [2.05, 4.69) is 4.98 Å². The van der Waals surface area contributed by atoms with Gasteiger partial charge in [-0.3, -0.25) is 0 Å². The van der Waals surface area contributed by atoms with Gasteiger partial charge in [-0.1, -0.05) is 6.07 Å². The molecule has 1 aliphatic rings. The topological polar surface area (TPSA) is 66.2 Å². The maximum absolute atomic E-state index is 14.6. The number of alkyl halides is 1. The summed E-state index contributed by atoms with van der Waals surface area (Å²) in [7, 11) is 0. The Hall–Kier alpha value is -3.01. The summed E-state index contributed by atoms with van der Waals surface area (Å²) in [6.07, 6.45) is 1.71. The molecule has 27 heavy (non-hydrogen) atoms. The molecule has 3 rings (SSSR count). The number of piperidine rings is 1. The number of rotatable bonds is 4. The van der Waals surface area contributed by atoms with Gasteiger partial charge in [0.1, 0.15) is 17.7 Å². The molecule has 0 atom stereocenters. The Labute approximate surface area is 156 Å². The van der Waals surface area contributed by atoms with Gasteiger partial charge in [0.2, 0.25) is 5.67 Å². The highest BCUT2D eigenvalue weighted by atomic mass is 19.1. The molecule has 2 aromatic rings. The number of carbonyl (C=O) groups is 1. The lowest BCUT2D eigenvalue weighted by Crippen LogP contribution is -2.47. The maximum atomic E-state index is 14.6. The van der Waals surface area contributed by atoms with Gasteiger partial charge in [0.05, 0.1) is 12.2 Å². The summed E-state index contributed by atoms with van der Waals surface area (Å²) in [4.78, 5) is 18.0. The van der Waals surface area contributed by atoms with Gasteiger partial charge in [-0.25, -0.2) is 18.6 Å². The van der Waals surface area contributed by atoms with Gasteiger partial charge >= 0.3 is 5.97 Å². The summed E-state index contributed by atoms with van der Waals surface area (Å²) in [5.41, 5.74) is -0.611. The Morgan fingerprint density at radius 1 is 1.30 bits per heavy atom. The van der Waals surface area contributed by atoms with Crippen molar-refractivity contribution in [2.75, 3.05) is 24.6 Å². The van der Waals surface area contributed by atoms with Crippen molar-refractivity contribution in [3.63, 3.8) is 0 Å². The molecule has 1 aromatic carbocycles. The number of aromatic nitrogens is 1. The minimum Gasteiger partial charge on any atom is -0.464 e. The molecule has 0 spiro atoms. The molecule has 0 amide bonds. The molecular formula is C20H19F2N3O2. The number of ether oxygens (including phenoxy) is 1. The van der Waals surface area contributed by atoms with Crippen molar-refractivity contribution in [3.8, 4) is 17.2 Å². The van der Waals surface area contributed by atoms with E-state index < -0.39 is 17.5 Å². The average Bonchev–Trinajstić information content (AvgIpc) is 2.69. The molecular weight excluding hydrogens is 352 g/mol. The number of nitrogens with zero attached hydrogens (tertiary/aromatic N) is 3. The van der Waals surface area contributed by atoms with E-state index in [4.69, 9.17) is 10.00 Å². The van der Waals surface area contributed by atoms with Crippen molar-refractivity contribution in [2.24, 2.45) is 0 Å². The number of hydrogen-bond donors (Lipinski definition) is 0. The normalized spacial score (nSPS) is 15.9. The van der Waals surface area contributed by atoms with Crippen molar-refractivity contribution in [2.45, 2.75) is 25.4 Å². The van der Waals surface area contributed by atoms with E-state index in [-0.39, 0.29) is 25.0 Å². The second kappa shape index (κ2) is 7.70. The fraction of sp³-hybridized carbons (Fsp3) is 0.350. The van der Waals surface area contributed by atoms with E-state index in [1.165, 1.54) is 12.1 Å². The van der Waals surface area contributed by atoms with Gasteiger partial charge in [-0.15, -0.1) is 0 Å². The van der Waals surface area contributed by atoms with Gasteiger partial charge in [0.25, 0.3) is 0 Å². The molecule has 0 N–H and O–H groups in total. The maximum Gasteiger partial charge on any atom is 0.344 e. The van der Waals surface area contributed by atoms with Crippen LogP contribution in [0.25, 0.3) is 11.1 Å². The predicted molar refractivity (Wildman–Crippen MR) is 96.3 cm³/mol. The van der Waals surface area contributed by atoms with Gasteiger partial charge in [0.15, 0.2) is 0 Å². The highest BCUT2D eigenvalue weighted by molar-refractivity contribution is 5.80. The summed E-state index contributed by atoms with van der Waals surface area (Å²) < 4.78 is 33.2. The van der Waals surface area contributed by atoms with Crippen molar-refractivity contribution in [3.05, 3.63) is 47.9 Å². The van der Waals surface area contributed by atoms with Crippen LogP contribution in [0.5, 0.6) is 0 Å². The molecule has 0 bridgehead atoms. The predicted octanol–water partition coefficient (Wildman–Crippen LogP) is 3.63. The van der Waals surface area contributed by atoms with Gasteiger partial charge < -0.3 is 9.64 Å².